The second kappa shape index (κ2) is 8.23. The van der Waals surface area contributed by atoms with Crippen molar-refractivity contribution in [1.82, 2.24) is 15.0 Å². The van der Waals surface area contributed by atoms with E-state index in [4.69, 9.17) is 10.5 Å². The molecular formula is C19H19N5O4S. The lowest BCUT2D eigenvalue weighted by atomic mass is 10.1. The van der Waals surface area contributed by atoms with Gasteiger partial charge in [0.25, 0.3) is 0 Å². The third-order valence-electron chi connectivity index (χ3n) is 3.92. The van der Waals surface area contributed by atoms with Crippen molar-refractivity contribution in [3.05, 3.63) is 65.5 Å². The second-order valence-electron chi connectivity index (χ2n) is 6.25. The molecule has 3 N–H and O–H groups in total. The summed E-state index contributed by atoms with van der Waals surface area (Å²) in [5.74, 6) is -0.351. The first kappa shape index (κ1) is 20.2. The zero-order chi connectivity index (χ0) is 21.0. The van der Waals surface area contributed by atoms with E-state index in [9.17, 15) is 13.2 Å². The van der Waals surface area contributed by atoms with Crippen LogP contribution in [0.2, 0.25) is 0 Å². The lowest BCUT2D eigenvalue weighted by molar-refractivity contribution is 0.0461. The Morgan fingerprint density at radius 3 is 2.52 bits per heavy atom. The summed E-state index contributed by atoms with van der Waals surface area (Å²) in [5.41, 5.74) is 7.21. The van der Waals surface area contributed by atoms with Gasteiger partial charge in [-0.25, -0.2) is 13.2 Å². The van der Waals surface area contributed by atoms with E-state index in [2.05, 4.69) is 20.3 Å². The van der Waals surface area contributed by atoms with E-state index in [-0.39, 0.29) is 34.8 Å². The summed E-state index contributed by atoms with van der Waals surface area (Å²) in [6, 6.07) is 13.5. The molecule has 0 unspecified atom stereocenters. The highest BCUT2D eigenvalue weighted by Gasteiger charge is 2.16. The predicted octanol–water partition coefficient (Wildman–Crippen LogP) is 2.27. The van der Waals surface area contributed by atoms with Crippen molar-refractivity contribution in [2.24, 2.45) is 0 Å². The number of rotatable bonds is 6. The first-order chi connectivity index (χ1) is 13.7. The van der Waals surface area contributed by atoms with E-state index in [0.29, 0.717) is 5.56 Å². The molecule has 0 amide bonds. The van der Waals surface area contributed by atoms with Gasteiger partial charge in [-0.05, 0) is 36.8 Å². The molecule has 2 aromatic carbocycles. The molecule has 3 rings (SSSR count). The highest BCUT2D eigenvalue weighted by atomic mass is 32.2. The minimum atomic E-state index is -3.45. The van der Waals surface area contributed by atoms with Gasteiger partial charge < -0.3 is 15.8 Å². The molecule has 3 aromatic rings. The van der Waals surface area contributed by atoms with Crippen LogP contribution in [-0.4, -0.2) is 35.6 Å². The Morgan fingerprint density at radius 1 is 1.10 bits per heavy atom. The molecule has 29 heavy (non-hydrogen) atoms. The molecule has 1 heterocycles. The third kappa shape index (κ3) is 5.26. The van der Waals surface area contributed by atoms with E-state index in [0.717, 1.165) is 11.9 Å². The van der Waals surface area contributed by atoms with Gasteiger partial charge in [0.05, 0.1) is 10.5 Å². The minimum Gasteiger partial charge on any atom is -0.454 e. The number of sulfone groups is 1. The fourth-order valence-corrected chi connectivity index (χ4v) is 3.12. The number of carbonyl (C=O) groups is 1. The number of para-hydroxylation sites is 1. The molecule has 9 nitrogen and oxygen atoms in total. The molecule has 0 aliphatic rings. The quantitative estimate of drug-likeness (QED) is 0.583. The number of nitrogens with zero attached hydrogens (tertiary/aromatic N) is 3. The van der Waals surface area contributed by atoms with E-state index in [1.54, 1.807) is 13.0 Å². The molecule has 0 spiro atoms. The van der Waals surface area contributed by atoms with Crippen molar-refractivity contribution in [3.8, 4) is 0 Å². The van der Waals surface area contributed by atoms with Gasteiger partial charge in [-0.15, -0.1) is 0 Å². The van der Waals surface area contributed by atoms with Crippen molar-refractivity contribution in [2.75, 3.05) is 17.3 Å². The molecule has 0 saturated carbocycles. The number of aromatic nitrogens is 3. The van der Waals surface area contributed by atoms with Crippen molar-refractivity contribution in [1.29, 1.82) is 0 Å². The molecule has 0 aliphatic carbocycles. The smallest absolute Gasteiger partial charge is 0.338 e. The monoisotopic (exact) mass is 413 g/mol. The molecular weight excluding hydrogens is 394 g/mol. The van der Waals surface area contributed by atoms with Crippen LogP contribution in [0.25, 0.3) is 0 Å². The van der Waals surface area contributed by atoms with Crippen LogP contribution >= 0.6 is 0 Å². The Morgan fingerprint density at radius 2 is 1.83 bits per heavy atom. The Hall–Kier alpha value is -3.53. The van der Waals surface area contributed by atoms with Crippen LogP contribution in [0.1, 0.15) is 21.7 Å². The van der Waals surface area contributed by atoms with Crippen molar-refractivity contribution in [3.63, 3.8) is 0 Å². The second-order valence-corrected chi connectivity index (χ2v) is 8.27. The number of aryl methyl sites for hydroxylation is 1. The standard InChI is InChI=1S/C19H19N5O4S/c1-12-8-9-14(29(2,26)27)10-15(12)17(25)28-11-16-22-18(20)24-19(23-16)21-13-6-4-3-5-7-13/h3-10H,11H2,1-2H3,(H3,20,21,22,23,24). The zero-order valence-electron chi connectivity index (χ0n) is 15.8. The minimum absolute atomic E-state index is 0.0280. The lowest BCUT2D eigenvalue weighted by Crippen LogP contribution is -2.12. The van der Waals surface area contributed by atoms with E-state index >= 15 is 0 Å². The van der Waals surface area contributed by atoms with Crippen LogP contribution < -0.4 is 11.1 Å². The average molecular weight is 413 g/mol. The summed E-state index contributed by atoms with van der Waals surface area (Å²) in [7, 11) is -3.45. The van der Waals surface area contributed by atoms with E-state index in [1.807, 2.05) is 30.3 Å². The molecule has 150 valence electrons. The van der Waals surface area contributed by atoms with Crippen LogP contribution in [0.4, 0.5) is 17.6 Å². The fraction of sp³-hybridized carbons (Fsp3) is 0.158. The average Bonchev–Trinajstić information content (AvgIpc) is 2.66. The lowest BCUT2D eigenvalue weighted by Gasteiger charge is -2.10. The number of benzene rings is 2. The molecule has 1 aromatic heterocycles. The molecule has 0 bridgehead atoms. The summed E-state index contributed by atoms with van der Waals surface area (Å²) in [6.07, 6.45) is 1.07. The largest absolute Gasteiger partial charge is 0.454 e. The van der Waals surface area contributed by atoms with Gasteiger partial charge in [0.1, 0.15) is 0 Å². The van der Waals surface area contributed by atoms with Gasteiger partial charge in [0.2, 0.25) is 11.9 Å². The number of nitrogens with two attached hydrogens (primary N) is 1. The highest BCUT2D eigenvalue weighted by Crippen LogP contribution is 2.18. The first-order valence-electron chi connectivity index (χ1n) is 8.53. The number of esters is 1. The zero-order valence-corrected chi connectivity index (χ0v) is 16.6. The summed E-state index contributed by atoms with van der Waals surface area (Å²) in [4.78, 5) is 24.6. The maximum atomic E-state index is 12.4. The Labute approximate surface area is 167 Å². The Kier molecular flexibility index (Phi) is 5.74. The van der Waals surface area contributed by atoms with Gasteiger partial charge in [0, 0.05) is 11.9 Å². The van der Waals surface area contributed by atoms with Gasteiger partial charge in [-0.2, -0.15) is 15.0 Å². The summed E-state index contributed by atoms with van der Waals surface area (Å²) >= 11 is 0. The van der Waals surface area contributed by atoms with Gasteiger partial charge >= 0.3 is 5.97 Å². The van der Waals surface area contributed by atoms with Crippen molar-refractivity contribution < 1.29 is 17.9 Å². The van der Waals surface area contributed by atoms with E-state index < -0.39 is 15.8 Å². The number of anilines is 3. The van der Waals surface area contributed by atoms with Crippen molar-refractivity contribution in [2.45, 2.75) is 18.4 Å². The third-order valence-corrected chi connectivity index (χ3v) is 5.03. The van der Waals surface area contributed by atoms with Crippen LogP contribution in [-0.2, 0) is 21.2 Å². The van der Waals surface area contributed by atoms with Crippen LogP contribution in [0.3, 0.4) is 0 Å². The normalized spacial score (nSPS) is 11.1. The molecule has 0 aliphatic heterocycles. The van der Waals surface area contributed by atoms with Crippen LogP contribution in [0.15, 0.2) is 53.4 Å². The summed E-state index contributed by atoms with van der Waals surface area (Å²) in [5, 5.41) is 2.99. The molecule has 10 heteroatoms. The number of nitrogen functional groups attached to an aromatic ring is 1. The first-order valence-corrected chi connectivity index (χ1v) is 10.4. The van der Waals surface area contributed by atoms with E-state index in [1.165, 1.54) is 12.1 Å². The Bertz CT molecular complexity index is 1150. The maximum absolute atomic E-state index is 12.4. The molecule has 0 saturated heterocycles. The Balaban J connectivity index is 1.75. The van der Waals surface area contributed by atoms with Gasteiger partial charge in [0.15, 0.2) is 22.3 Å². The SMILES string of the molecule is Cc1ccc(S(C)(=O)=O)cc1C(=O)OCc1nc(N)nc(Nc2ccccc2)n1. The highest BCUT2D eigenvalue weighted by molar-refractivity contribution is 7.90. The fourth-order valence-electron chi connectivity index (χ4n) is 2.47. The number of nitrogens with one attached hydrogen (secondary N) is 1. The molecule has 0 fully saturated rings. The summed E-state index contributed by atoms with van der Waals surface area (Å²) in [6.45, 7) is 1.43. The van der Waals surface area contributed by atoms with Gasteiger partial charge in [-0.3, -0.25) is 0 Å². The topological polar surface area (TPSA) is 137 Å². The number of hydrogen-bond acceptors (Lipinski definition) is 9. The summed E-state index contributed by atoms with van der Waals surface area (Å²) < 4.78 is 28.7. The molecule has 0 radical (unpaired) electrons. The van der Waals surface area contributed by atoms with Crippen LogP contribution in [0, 0.1) is 6.92 Å². The number of hydrogen-bond donors (Lipinski definition) is 2. The predicted molar refractivity (Wildman–Crippen MR) is 107 cm³/mol. The van der Waals surface area contributed by atoms with Crippen molar-refractivity contribution >= 4 is 33.4 Å². The van der Waals surface area contributed by atoms with Gasteiger partial charge in [-0.1, -0.05) is 24.3 Å². The number of carbonyl (C=O) groups excluding carboxylic acids is 1. The number of ether oxygens (including phenoxy) is 1. The maximum Gasteiger partial charge on any atom is 0.338 e. The molecule has 0 atom stereocenters. The van der Waals surface area contributed by atoms with Crippen LogP contribution in [0.5, 0.6) is 0 Å².